The molecule has 0 radical (unpaired) electrons. The summed E-state index contributed by atoms with van der Waals surface area (Å²) in [6, 6.07) is 0. The first-order valence-electron chi connectivity index (χ1n) is 7.32. The first-order chi connectivity index (χ1) is 9.29. The van der Waals surface area contributed by atoms with E-state index >= 15 is 0 Å². The summed E-state index contributed by atoms with van der Waals surface area (Å²) in [6.45, 7) is 2.87. The van der Waals surface area contributed by atoms with E-state index in [2.05, 4.69) is 15.6 Å². The molecule has 1 saturated heterocycles. The van der Waals surface area contributed by atoms with Gasteiger partial charge in [0.25, 0.3) is 5.91 Å². The summed E-state index contributed by atoms with van der Waals surface area (Å²) in [6.07, 6.45) is 5.95. The Hall–Kier alpha value is -0.870. The second-order valence-corrected chi connectivity index (χ2v) is 6.69. The van der Waals surface area contributed by atoms with E-state index in [1.54, 1.807) is 11.3 Å². The summed E-state index contributed by atoms with van der Waals surface area (Å²) in [4.78, 5) is 16.2. The van der Waals surface area contributed by atoms with Gasteiger partial charge >= 0.3 is 0 Å². The molecule has 0 bridgehead atoms. The molecule has 1 N–H and O–H groups in total. The van der Waals surface area contributed by atoms with Crippen molar-refractivity contribution < 1.29 is 4.79 Å². The Balaban J connectivity index is 1.72. The van der Waals surface area contributed by atoms with Gasteiger partial charge in [-0.3, -0.25) is 4.79 Å². The molecule has 0 aromatic carbocycles. The van der Waals surface area contributed by atoms with Crippen LogP contribution in [0.25, 0.3) is 0 Å². The van der Waals surface area contributed by atoms with E-state index in [4.69, 9.17) is 0 Å². The minimum atomic E-state index is 0.276. The summed E-state index contributed by atoms with van der Waals surface area (Å²) in [7, 11) is 1.99. The topological polar surface area (TPSA) is 32.3 Å². The molecule has 1 aromatic rings. The van der Waals surface area contributed by atoms with Crippen LogP contribution in [0.3, 0.4) is 0 Å². The van der Waals surface area contributed by atoms with Gasteiger partial charge < -0.3 is 10.2 Å². The van der Waals surface area contributed by atoms with Gasteiger partial charge in [-0.2, -0.15) is 0 Å². The fourth-order valence-electron chi connectivity index (χ4n) is 3.32. The molecule has 0 spiro atoms. The Bertz CT molecular complexity index is 469. The van der Waals surface area contributed by atoms with Crippen molar-refractivity contribution in [1.29, 1.82) is 0 Å². The van der Waals surface area contributed by atoms with E-state index in [0.717, 1.165) is 38.0 Å². The van der Waals surface area contributed by atoms with E-state index in [1.807, 2.05) is 7.05 Å². The maximum atomic E-state index is 12.6. The van der Waals surface area contributed by atoms with Gasteiger partial charge in [-0.1, -0.05) is 0 Å². The van der Waals surface area contributed by atoms with Crippen molar-refractivity contribution in [2.24, 2.45) is 5.92 Å². The van der Waals surface area contributed by atoms with Crippen LogP contribution in [0.2, 0.25) is 0 Å². The first kappa shape index (κ1) is 13.1. The molecule has 1 aliphatic heterocycles. The molecule has 2 aliphatic rings. The summed E-state index contributed by atoms with van der Waals surface area (Å²) < 4.78 is 0. The summed E-state index contributed by atoms with van der Waals surface area (Å²) in [5.41, 5.74) is 2.36. The Labute approximate surface area is 119 Å². The zero-order chi connectivity index (χ0) is 13.2. The number of nitrogens with one attached hydrogen (secondary N) is 1. The van der Waals surface area contributed by atoms with E-state index in [9.17, 15) is 4.79 Å². The van der Waals surface area contributed by atoms with Gasteiger partial charge in [0.1, 0.15) is 0 Å². The number of hydrogen-bond acceptors (Lipinski definition) is 3. The van der Waals surface area contributed by atoms with Crippen LogP contribution in [-0.2, 0) is 12.8 Å². The van der Waals surface area contributed by atoms with Crippen LogP contribution in [0.5, 0.6) is 0 Å². The number of fused-ring (bicyclic) bond motifs is 1. The van der Waals surface area contributed by atoms with Crippen molar-refractivity contribution in [3.63, 3.8) is 0 Å². The number of carbonyl (C=O) groups is 1. The van der Waals surface area contributed by atoms with Gasteiger partial charge in [0, 0.05) is 23.3 Å². The van der Waals surface area contributed by atoms with Crippen LogP contribution in [0.15, 0.2) is 5.38 Å². The third-order valence-electron chi connectivity index (χ3n) is 4.36. The zero-order valence-electron chi connectivity index (χ0n) is 11.6. The highest BCUT2D eigenvalue weighted by atomic mass is 32.1. The fraction of sp³-hybridized carbons (Fsp3) is 0.667. The second kappa shape index (κ2) is 5.63. The van der Waals surface area contributed by atoms with Crippen LogP contribution in [0, 0.1) is 5.92 Å². The summed E-state index contributed by atoms with van der Waals surface area (Å²) >= 11 is 1.79. The lowest BCUT2D eigenvalue weighted by Gasteiger charge is -2.18. The number of nitrogens with zero attached hydrogens (tertiary/aromatic N) is 1. The normalized spacial score (nSPS) is 22.6. The third kappa shape index (κ3) is 2.56. The van der Waals surface area contributed by atoms with Crippen LogP contribution >= 0.6 is 11.3 Å². The number of amides is 1. The smallest absolute Gasteiger partial charge is 0.254 e. The highest BCUT2D eigenvalue weighted by Gasteiger charge is 2.29. The molecule has 4 heteroatoms. The molecular formula is C15H22N2OS. The molecule has 2 heterocycles. The standard InChI is InChI=1S/C15H22N2OS/c1-16-8-11-6-7-17(9-11)15(18)13-10-19-14-5-3-2-4-12(13)14/h10-11,16H,2-9H2,1H3. The minimum absolute atomic E-state index is 0.276. The molecule has 1 aliphatic carbocycles. The third-order valence-corrected chi connectivity index (χ3v) is 5.45. The molecule has 1 aromatic heterocycles. The number of aryl methyl sites for hydroxylation is 1. The van der Waals surface area contributed by atoms with Gasteiger partial charge in [-0.05, 0) is 57.2 Å². The molecule has 1 amide bonds. The Morgan fingerprint density at radius 1 is 1.47 bits per heavy atom. The van der Waals surface area contributed by atoms with Crippen LogP contribution in [0.1, 0.15) is 40.1 Å². The van der Waals surface area contributed by atoms with Gasteiger partial charge in [-0.25, -0.2) is 0 Å². The highest BCUT2D eigenvalue weighted by Crippen LogP contribution is 2.31. The Morgan fingerprint density at radius 2 is 2.32 bits per heavy atom. The van der Waals surface area contributed by atoms with Gasteiger partial charge in [-0.15, -0.1) is 11.3 Å². The fourth-order valence-corrected chi connectivity index (χ4v) is 4.44. The van der Waals surface area contributed by atoms with Crippen molar-refractivity contribution in [2.45, 2.75) is 32.1 Å². The van der Waals surface area contributed by atoms with Crippen molar-refractivity contribution in [1.82, 2.24) is 10.2 Å². The average Bonchev–Trinajstić information content (AvgIpc) is 3.05. The largest absolute Gasteiger partial charge is 0.338 e. The first-order valence-corrected chi connectivity index (χ1v) is 8.20. The maximum Gasteiger partial charge on any atom is 0.254 e. The van der Waals surface area contributed by atoms with Gasteiger partial charge in [0.15, 0.2) is 0 Å². The lowest BCUT2D eigenvalue weighted by Crippen LogP contribution is -2.30. The number of rotatable bonds is 3. The Morgan fingerprint density at radius 3 is 3.16 bits per heavy atom. The minimum Gasteiger partial charge on any atom is -0.338 e. The second-order valence-electron chi connectivity index (χ2n) is 5.72. The van der Waals surface area contributed by atoms with Crippen LogP contribution in [-0.4, -0.2) is 37.5 Å². The van der Waals surface area contributed by atoms with Crippen molar-refractivity contribution >= 4 is 17.2 Å². The molecule has 3 rings (SSSR count). The molecule has 3 nitrogen and oxygen atoms in total. The number of likely N-dealkylation sites (tertiary alicyclic amines) is 1. The summed E-state index contributed by atoms with van der Waals surface area (Å²) in [5, 5.41) is 5.32. The quantitative estimate of drug-likeness (QED) is 0.920. The highest BCUT2D eigenvalue weighted by molar-refractivity contribution is 7.10. The predicted molar refractivity (Wildman–Crippen MR) is 78.9 cm³/mol. The van der Waals surface area contributed by atoms with Crippen LogP contribution < -0.4 is 5.32 Å². The lowest BCUT2D eigenvalue weighted by atomic mass is 9.95. The zero-order valence-corrected chi connectivity index (χ0v) is 12.4. The molecule has 1 fully saturated rings. The monoisotopic (exact) mass is 278 g/mol. The van der Waals surface area contributed by atoms with Crippen molar-refractivity contribution in [3.05, 3.63) is 21.4 Å². The van der Waals surface area contributed by atoms with Gasteiger partial charge in [0.2, 0.25) is 0 Å². The van der Waals surface area contributed by atoms with E-state index < -0.39 is 0 Å². The van der Waals surface area contributed by atoms with Crippen LogP contribution in [0.4, 0.5) is 0 Å². The molecule has 104 valence electrons. The SMILES string of the molecule is CNCC1CCN(C(=O)c2csc3c2CCCC3)C1. The van der Waals surface area contributed by atoms with Gasteiger partial charge in [0.05, 0.1) is 5.56 Å². The maximum absolute atomic E-state index is 12.6. The molecule has 1 atom stereocenters. The lowest BCUT2D eigenvalue weighted by molar-refractivity contribution is 0.0786. The predicted octanol–water partition coefficient (Wildman–Crippen LogP) is 2.31. The molecule has 19 heavy (non-hydrogen) atoms. The van der Waals surface area contributed by atoms with E-state index in [1.165, 1.54) is 29.7 Å². The van der Waals surface area contributed by atoms with Crippen molar-refractivity contribution in [2.75, 3.05) is 26.7 Å². The number of hydrogen-bond donors (Lipinski definition) is 1. The van der Waals surface area contributed by atoms with Crippen molar-refractivity contribution in [3.8, 4) is 0 Å². The Kier molecular flexibility index (Phi) is 3.89. The van der Waals surface area contributed by atoms with E-state index in [0.29, 0.717) is 5.92 Å². The van der Waals surface area contributed by atoms with E-state index in [-0.39, 0.29) is 5.91 Å². The molecule has 1 unspecified atom stereocenters. The average molecular weight is 278 g/mol. The number of carbonyl (C=O) groups excluding carboxylic acids is 1. The summed E-state index contributed by atoms with van der Waals surface area (Å²) in [5.74, 6) is 0.904. The molecule has 0 saturated carbocycles. The number of thiophene rings is 1. The molecular weight excluding hydrogens is 256 g/mol.